The second-order valence-electron chi connectivity index (χ2n) is 3.02. The summed E-state index contributed by atoms with van der Waals surface area (Å²) in [7, 11) is 0. The maximum absolute atomic E-state index is 11.2. The number of H-pyrrole nitrogens is 1. The van der Waals surface area contributed by atoms with E-state index in [0.717, 1.165) is 4.47 Å². The summed E-state index contributed by atoms with van der Waals surface area (Å²) in [6.45, 7) is 0. The van der Waals surface area contributed by atoms with Crippen molar-refractivity contribution in [3.8, 4) is 0 Å². The van der Waals surface area contributed by atoms with Gasteiger partial charge in [-0.3, -0.25) is 4.79 Å². The minimum Gasteiger partial charge on any atom is -0.383 e. The van der Waals surface area contributed by atoms with Crippen LogP contribution < -0.4 is 11.3 Å². The van der Waals surface area contributed by atoms with Crippen molar-refractivity contribution in [2.45, 2.75) is 10.2 Å². The highest BCUT2D eigenvalue weighted by molar-refractivity contribution is 9.10. The van der Waals surface area contributed by atoms with Crippen LogP contribution in [-0.2, 0) is 0 Å². The molecular weight excluding hydrogens is 328 g/mol. The molecule has 0 unspecified atom stereocenters. The van der Waals surface area contributed by atoms with E-state index < -0.39 is 0 Å². The van der Waals surface area contributed by atoms with Crippen molar-refractivity contribution in [2.75, 3.05) is 5.73 Å². The molecule has 0 saturated carbocycles. The van der Waals surface area contributed by atoms with Crippen LogP contribution in [0.3, 0.4) is 0 Å². The molecule has 0 atom stereocenters. The Morgan fingerprint density at radius 2 is 2.24 bits per heavy atom. The van der Waals surface area contributed by atoms with E-state index in [4.69, 9.17) is 17.3 Å². The molecule has 2 aromatic heterocycles. The van der Waals surface area contributed by atoms with Gasteiger partial charge in [-0.2, -0.15) is 0 Å². The Morgan fingerprint density at radius 1 is 1.47 bits per heavy atom. The number of aromatic nitrogens is 3. The molecule has 3 N–H and O–H groups in total. The van der Waals surface area contributed by atoms with Crippen LogP contribution in [0.4, 0.5) is 5.82 Å². The summed E-state index contributed by atoms with van der Waals surface area (Å²) in [6, 6.07) is 2.93. The van der Waals surface area contributed by atoms with Gasteiger partial charge in [0.2, 0.25) is 0 Å². The predicted molar refractivity (Wildman–Crippen MR) is 70.3 cm³/mol. The monoisotopic (exact) mass is 332 g/mol. The number of halogens is 2. The first kappa shape index (κ1) is 12.4. The van der Waals surface area contributed by atoms with Gasteiger partial charge in [0.25, 0.3) is 5.56 Å². The molecule has 0 aromatic carbocycles. The number of anilines is 1. The zero-order valence-electron chi connectivity index (χ0n) is 8.28. The largest absolute Gasteiger partial charge is 0.383 e. The number of hydrogen-bond donors (Lipinski definition) is 2. The molecule has 0 spiro atoms. The van der Waals surface area contributed by atoms with Crippen molar-refractivity contribution < 1.29 is 0 Å². The molecule has 2 heterocycles. The van der Waals surface area contributed by atoms with Crippen molar-refractivity contribution in [3.63, 3.8) is 0 Å². The average Bonchev–Trinajstić information content (AvgIpc) is 2.21. The molecule has 0 aliphatic heterocycles. The molecule has 88 valence electrons. The fourth-order valence-corrected chi connectivity index (χ4v) is 2.70. The lowest BCUT2D eigenvalue weighted by Crippen LogP contribution is -2.09. The quantitative estimate of drug-likeness (QED) is 0.824. The van der Waals surface area contributed by atoms with Crippen molar-refractivity contribution >= 4 is 45.1 Å². The lowest BCUT2D eigenvalue weighted by molar-refractivity contribution is 0.939. The van der Waals surface area contributed by atoms with Gasteiger partial charge in [0.05, 0.1) is 9.50 Å². The Labute approximate surface area is 114 Å². The van der Waals surface area contributed by atoms with Crippen molar-refractivity contribution in [1.29, 1.82) is 0 Å². The van der Waals surface area contributed by atoms with E-state index in [1.807, 2.05) is 0 Å². The van der Waals surface area contributed by atoms with Gasteiger partial charge < -0.3 is 10.7 Å². The van der Waals surface area contributed by atoms with E-state index in [2.05, 4.69) is 30.9 Å². The van der Waals surface area contributed by atoms with Crippen LogP contribution in [-0.4, -0.2) is 15.0 Å². The molecule has 0 fully saturated rings. The van der Waals surface area contributed by atoms with E-state index in [1.54, 1.807) is 6.07 Å². The third-order valence-electron chi connectivity index (χ3n) is 1.71. The smallest absolute Gasteiger partial charge is 0.253 e. The van der Waals surface area contributed by atoms with Gasteiger partial charge in [0, 0.05) is 12.3 Å². The fraction of sp³-hybridized carbons (Fsp3) is 0. The molecule has 2 aromatic rings. The molecular formula is C9H6BrClN4OS. The third-order valence-corrected chi connectivity index (χ3v) is 3.69. The summed E-state index contributed by atoms with van der Waals surface area (Å²) < 4.78 is 0.722. The fourth-order valence-electron chi connectivity index (χ4n) is 1.07. The molecule has 0 aliphatic rings. The Hall–Kier alpha value is -1.05. The molecule has 0 saturated heterocycles. The number of aromatic amines is 1. The zero-order valence-corrected chi connectivity index (χ0v) is 11.4. The number of nitrogens with zero attached hydrogens (tertiary/aromatic N) is 2. The highest BCUT2D eigenvalue weighted by Crippen LogP contribution is 2.30. The van der Waals surface area contributed by atoms with E-state index in [1.165, 1.54) is 24.0 Å². The molecule has 0 amide bonds. The first-order valence-corrected chi connectivity index (χ1v) is 6.39. The lowest BCUT2D eigenvalue weighted by Gasteiger charge is -2.03. The Balaban J connectivity index is 2.34. The first-order valence-electron chi connectivity index (χ1n) is 4.40. The molecule has 5 nitrogen and oxygen atoms in total. The van der Waals surface area contributed by atoms with Gasteiger partial charge in [-0.15, -0.1) is 0 Å². The van der Waals surface area contributed by atoms with Gasteiger partial charge in [0.1, 0.15) is 10.8 Å². The SMILES string of the molecule is Nc1cc(=O)[nH]c(Sc2ncc(Cl)cc2Br)n1. The summed E-state index contributed by atoms with van der Waals surface area (Å²) in [5.74, 6) is 0.168. The second-order valence-corrected chi connectivity index (χ2v) is 5.29. The first-order chi connectivity index (χ1) is 8.04. The molecule has 17 heavy (non-hydrogen) atoms. The Morgan fingerprint density at radius 3 is 2.88 bits per heavy atom. The summed E-state index contributed by atoms with van der Waals surface area (Å²) in [5.41, 5.74) is 5.18. The van der Waals surface area contributed by atoms with Gasteiger partial charge in [-0.05, 0) is 33.8 Å². The van der Waals surface area contributed by atoms with E-state index in [-0.39, 0.29) is 11.4 Å². The van der Waals surface area contributed by atoms with Crippen LogP contribution in [0, 0.1) is 0 Å². The number of nitrogens with two attached hydrogens (primary N) is 1. The lowest BCUT2D eigenvalue weighted by atomic mass is 10.5. The second kappa shape index (κ2) is 5.07. The minimum absolute atomic E-state index is 0.168. The Bertz CT molecular complexity index is 618. The summed E-state index contributed by atoms with van der Waals surface area (Å²) in [6.07, 6.45) is 1.51. The van der Waals surface area contributed by atoms with E-state index >= 15 is 0 Å². The standard InChI is InChI=1S/C9H6BrClN4OS/c10-5-1-4(11)3-13-8(5)17-9-14-6(12)2-7(16)15-9/h1-3H,(H3,12,14,15,16). The molecule has 0 radical (unpaired) electrons. The van der Waals surface area contributed by atoms with E-state index in [0.29, 0.717) is 15.2 Å². The highest BCUT2D eigenvalue weighted by Gasteiger charge is 2.07. The molecule has 0 bridgehead atoms. The summed E-state index contributed by atoms with van der Waals surface area (Å²) >= 11 is 10.3. The van der Waals surface area contributed by atoms with Crippen molar-refractivity contribution in [1.82, 2.24) is 15.0 Å². The maximum Gasteiger partial charge on any atom is 0.253 e. The average molecular weight is 334 g/mol. The number of hydrogen-bond acceptors (Lipinski definition) is 5. The molecule has 8 heteroatoms. The van der Waals surface area contributed by atoms with Crippen LogP contribution >= 0.6 is 39.3 Å². The van der Waals surface area contributed by atoms with Gasteiger partial charge in [-0.1, -0.05) is 11.6 Å². The normalized spacial score (nSPS) is 10.5. The zero-order chi connectivity index (χ0) is 12.4. The van der Waals surface area contributed by atoms with Gasteiger partial charge in [-0.25, -0.2) is 9.97 Å². The molecule has 0 aliphatic carbocycles. The van der Waals surface area contributed by atoms with Crippen LogP contribution in [0.2, 0.25) is 5.02 Å². The highest BCUT2D eigenvalue weighted by atomic mass is 79.9. The van der Waals surface area contributed by atoms with Crippen LogP contribution in [0.25, 0.3) is 0 Å². The number of pyridine rings is 1. The maximum atomic E-state index is 11.2. The van der Waals surface area contributed by atoms with Crippen molar-refractivity contribution in [3.05, 3.63) is 38.2 Å². The predicted octanol–water partition coefficient (Wildman–Crippen LogP) is 2.31. The molecule has 2 rings (SSSR count). The number of nitrogen functional groups attached to an aromatic ring is 1. The topological polar surface area (TPSA) is 84.7 Å². The van der Waals surface area contributed by atoms with Gasteiger partial charge >= 0.3 is 0 Å². The number of nitrogens with one attached hydrogen (secondary N) is 1. The summed E-state index contributed by atoms with van der Waals surface area (Å²) in [4.78, 5) is 21.9. The minimum atomic E-state index is -0.301. The third kappa shape index (κ3) is 3.21. The van der Waals surface area contributed by atoms with E-state index in [9.17, 15) is 4.79 Å². The Kier molecular flexibility index (Phi) is 3.70. The van der Waals surface area contributed by atoms with Gasteiger partial charge in [0.15, 0.2) is 5.16 Å². The van der Waals surface area contributed by atoms with Crippen LogP contribution in [0.1, 0.15) is 0 Å². The number of rotatable bonds is 2. The summed E-state index contributed by atoms with van der Waals surface area (Å²) in [5, 5.41) is 1.55. The van der Waals surface area contributed by atoms with Crippen LogP contribution in [0.15, 0.2) is 37.8 Å². The van der Waals surface area contributed by atoms with Crippen LogP contribution in [0.5, 0.6) is 0 Å². The van der Waals surface area contributed by atoms with Crippen molar-refractivity contribution in [2.24, 2.45) is 0 Å².